The van der Waals surface area contributed by atoms with E-state index in [2.05, 4.69) is 10.1 Å². The average molecular weight is 313 g/mol. The minimum atomic E-state index is -0.119. The van der Waals surface area contributed by atoms with Crippen molar-refractivity contribution < 1.29 is 4.42 Å². The normalized spacial score (nSPS) is 11.5. The second-order valence-corrected chi connectivity index (χ2v) is 5.58. The molecule has 0 aliphatic heterocycles. The maximum Gasteiger partial charge on any atom is 0.235 e. The number of fused-ring (bicyclic) bond motifs is 3. The molecule has 3 heterocycles. The monoisotopic (exact) mass is 313 g/mol. The predicted molar refractivity (Wildman–Crippen MR) is 92.4 cm³/mol. The molecule has 114 valence electrons. The van der Waals surface area contributed by atoms with Gasteiger partial charge in [0.15, 0.2) is 0 Å². The van der Waals surface area contributed by atoms with Gasteiger partial charge >= 0.3 is 0 Å². The van der Waals surface area contributed by atoms with Crippen molar-refractivity contribution in [3.05, 3.63) is 77.1 Å². The molecule has 0 amide bonds. The number of aromatic nitrogens is 3. The molecule has 0 fully saturated rings. The molecule has 5 nitrogen and oxygen atoms in total. The quantitative estimate of drug-likeness (QED) is 0.443. The fourth-order valence-corrected chi connectivity index (χ4v) is 2.92. The lowest BCUT2D eigenvalue weighted by atomic mass is 10.1. The number of nitrogens with zero attached hydrogens (tertiary/aromatic N) is 3. The first kappa shape index (κ1) is 13.0. The first-order valence-electron chi connectivity index (χ1n) is 7.57. The van der Waals surface area contributed by atoms with Gasteiger partial charge < -0.3 is 4.42 Å². The second-order valence-electron chi connectivity index (χ2n) is 5.58. The summed E-state index contributed by atoms with van der Waals surface area (Å²) in [5.41, 5.74) is 2.23. The van der Waals surface area contributed by atoms with E-state index in [9.17, 15) is 4.79 Å². The van der Waals surface area contributed by atoms with Gasteiger partial charge in [-0.05, 0) is 24.3 Å². The minimum Gasteiger partial charge on any atom is -0.419 e. The SMILES string of the molecule is O=c1c2cc3ccccc3nc2oc2c1cnn2-c1ccccc1. The number of hydrogen-bond donors (Lipinski definition) is 0. The molecule has 5 aromatic rings. The third-order valence-electron chi connectivity index (χ3n) is 4.10. The number of benzene rings is 2. The maximum atomic E-state index is 12.8. The molecule has 5 rings (SSSR count). The van der Waals surface area contributed by atoms with Crippen LogP contribution in [0.1, 0.15) is 0 Å². The molecule has 0 aliphatic rings. The second kappa shape index (κ2) is 4.76. The van der Waals surface area contributed by atoms with Crippen LogP contribution in [-0.4, -0.2) is 14.8 Å². The minimum absolute atomic E-state index is 0.119. The summed E-state index contributed by atoms with van der Waals surface area (Å²) in [6, 6.07) is 19.0. The summed E-state index contributed by atoms with van der Waals surface area (Å²) < 4.78 is 7.57. The summed E-state index contributed by atoms with van der Waals surface area (Å²) in [5, 5.41) is 6.14. The summed E-state index contributed by atoms with van der Waals surface area (Å²) in [5.74, 6) is 0. The van der Waals surface area contributed by atoms with E-state index in [1.165, 1.54) is 0 Å². The fraction of sp³-hybridized carbons (Fsp3) is 0. The van der Waals surface area contributed by atoms with Gasteiger partial charge in [0.25, 0.3) is 0 Å². The molecule has 0 unspecified atom stereocenters. The topological polar surface area (TPSA) is 60.9 Å². The highest BCUT2D eigenvalue weighted by molar-refractivity contribution is 5.94. The van der Waals surface area contributed by atoms with E-state index in [-0.39, 0.29) is 5.43 Å². The van der Waals surface area contributed by atoms with Crippen molar-refractivity contribution in [2.75, 3.05) is 0 Å². The van der Waals surface area contributed by atoms with Crippen LogP contribution in [0.25, 0.3) is 38.8 Å². The number of para-hydroxylation sites is 2. The van der Waals surface area contributed by atoms with Crippen molar-refractivity contribution >= 4 is 33.1 Å². The van der Waals surface area contributed by atoms with Gasteiger partial charge in [-0.2, -0.15) is 5.10 Å². The van der Waals surface area contributed by atoms with Crippen molar-refractivity contribution in [2.24, 2.45) is 0 Å². The molecule has 0 atom stereocenters. The lowest BCUT2D eigenvalue weighted by Gasteiger charge is -2.04. The van der Waals surface area contributed by atoms with Crippen LogP contribution < -0.4 is 5.43 Å². The fourth-order valence-electron chi connectivity index (χ4n) is 2.92. The first-order chi connectivity index (χ1) is 11.8. The van der Waals surface area contributed by atoms with Gasteiger partial charge in [0.1, 0.15) is 5.39 Å². The van der Waals surface area contributed by atoms with Crippen LogP contribution in [0.4, 0.5) is 0 Å². The van der Waals surface area contributed by atoms with Crippen LogP contribution in [0.2, 0.25) is 0 Å². The molecule has 0 spiro atoms. The third-order valence-corrected chi connectivity index (χ3v) is 4.10. The molecule has 0 N–H and O–H groups in total. The Morgan fingerprint density at radius 2 is 1.71 bits per heavy atom. The van der Waals surface area contributed by atoms with Crippen LogP contribution in [0.15, 0.2) is 76.1 Å². The van der Waals surface area contributed by atoms with Gasteiger partial charge in [-0.25, -0.2) is 9.67 Å². The molecule has 0 bridgehead atoms. The van der Waals surface area contributed by atoms with Gasteiger partial charge in [0.2, 0.25) is 16.9 Å². The van der Waals surface area contributed by atoms with Crippen molar-refractivity contribution in [1.82, 2.24) is 14.8 Å². The Morgan fingerprint density at radius 1 is 0.917 bits per heavy atom. The first-order valence-corrected chi connectivity index (χ1v) is 7.57. The molecule has 5 heteroatoms. The summed E-state index contributed by atoms with van der Waals surface area (Å²) in [4.78, 5) is 17.3. The highest BCUT2D eigenvalue weighted by atomic mass is 16.4. The van der Waals surface area contributed by atoms with Gasteiger partial charge in [-0.15, -0.1) is 0 Å². The van der Waals surface area contributed by atoms with Gasteiger partial charge in [0, 0.05) is 5.39 Å². The average Bonchev–Trinajstić information content (AvgIpc) is 3.05. The Balaban J connectivity index is 1.91. The molecular weight excluding hydrogens is 302 g/mol. The zero-order chi connectivity index (χ0) is 16.1. The Labute approximate surface area is 135 Å². The van der Waals surface area contributed by atoms with E-state index >= 15 is 0 Å². The Morgan fingerprint density at radius 3 is 2.58 bits per heavy atom. The van der Waals surface area contributed by atoms with Crippen molar-refractivity contribution in [3.63, 3.8) is 0 Å². The molecule has 2 aromatic carbocycles. The highest BCUT2D eigenvalue weighted by Crippen LogP contribution is 2.23. The summed E-state index contributed by atoms with van der Waals surface area (Å²) >= 11 is 0. The van der Waals surface area contributed by atoms with Crippen LogP contribution in [0.5, 0.6) is 0 Å². The van der Waals surface area contributed by atoms with E-state index in [0.29, 0.717) is 22.2 Å². The van der Waals surface area contributed by atoms with Gasteiger partial charge in [0.05, 0.1) is 22.8 Å². The van der Waals surface area contributed by atoms with Gasteiger partial charge in [-0.1, -0.05) is 36.4 Å². The van der Waals surface area contributed by atoms with E-state index in [0.717, 1.165) is 16.6 Å². The molecule has 3 aromatic heterocycles. The molecule has 0 aliphatic carbocycles. The molecule has 0 saturated carbocycles. The molecule has 0 radical (unpaired) electrons. The Bertz CT molecular complexity index is 1270. The largest absolute Gasteiger partial charge is 0.419 e. The Kier molecular flexibility index (Phi) is 2.58. The molecular formula is C19H11N3O2. The zero-order valence-electron chi connectivity index (χ0n) is 12.5. The maximum absolute atomic E-state index is 12.8. The Hall–Kier alpha value is -3.47. The number of pyridine rings is 1. The van der Waals surface area contributed by atoms with Crippen LogP contribution in [0.3, 0.4) is 0 Å². The molecule has 24 heavy (non-hydrogen) atoms. The van der Waals surface area contributed by atoms with Crippen molar-refractivity contribution in [3.8, 4) is 5.69 Å². The van der Waals surface area contributed by atoms with Crippen molar-refractivity contribution in [1.29, 1.82) is 0 Å². The molecule has 0 saturated heterocycles. The summed E-state index contributed by atoms with van der Waals surface area (Å²) in [6.07, 6.45) is 1.54. The predicted octanol–water partition coefficient (Wildman–Crippen LogP) is 3.68. The lowest BCUT2D eigenvalue weighted by Crippen LogP contribution is -2.03. The van der Waals surface area contributed by atoms with Gasteiger partial charge in [-0.3, -0.25) is 4.79 Å². The highest BCUT2D eigenvalue weighted by Gasteiger charge is 2.15. The summed E-state index contributed by atoms with van der Waals surface area (Å²) in [6.45, 7) is 0. The standard InChI is InChI=1S/C19H11N3O2/c23-17-14-10-12-6-4-5-9-16(12)21-18(14)24-19-15(17)11-20-22(19)13-7-2-1-3-8-13/h1-11H. The number of rotatable bonds is 1. The van der Waals surface area contributed by atoms with E-state index < -0.39 is 0 Å². The van der Waals surface area contributed by atoms with Crippen LogP contribution >= 0.6 is 0 Å². The lowest BCUT2D eigenvalue weighted by molar-refractivity contribution is 0.611. The van der Waals surface area contributed by atoms with Crippen LogP contribution in [-0.2, 0) is 0 Å². The van der Waals surface area contributed by atoms with Crippen LogP contribution in [0, 0.1) is 0 Å². The summed E-state index contributed by atoms with van der Waals surface area (Å²) in [7, 11) is 0. The zero-order valence-corrected chi connectivity index (χ0v) is 12.5. The number of hydrogen-bond acceptors (Lipinski definition) is 4. The third kappa shape index (κ3) is 1.78. The van der Waals surface area contributed by atoms with E-state index in [4.69, 9.17) is 4.42 Å². The van der Waals surface area contributed by atoms with E-state index in [1.807, 2.05) is 60.7 Å². The van der Waals surface area contributed by atoms with Crippen molar-refractivity contribution in [2.45, 2.75) is 0 Å². The smallest absolute Gasteiger partial charge is 0.235 e. The van der Waals surface area contributed by atoms with E-state index in [1.54, 1.807) is 10.9 Å².